The number of amides is 2. The van der Waals surface area contributed by atoms with E-state index < -0.39 is 36.9 Å². The summed E-state index contributed by atoms with van der Waals surface area (Å²) < 4.78 is 72.2. The number of hydrogen-bond acceptors (Lipinski definition) is 13. The van der Waals surface area contributed by atoms with Gasteiger partial charge >= 0.3 is 16.1 Å². The van der Waals surface area contributed by atoms with Crippen molar-refractivity contribution in [3.63, 3.8) is 0 Å². The minimum atomic E-state index is -4.90. The molecule has 1 aliphatic rings. The predicted octanol–water partition coefficient (Wildman–Crippen LogP) is 1.35. The zero-order chi connectivity index (χ0) is 26.1. The standard InChI is InChI=1S/C17H20N4O12S2/c1-20-11-7-13(29-2)10(6-16(11)35(27,28)33-32-20)19-17(22)18-9-5-15(34(24,25)26)12(21(23)31-4)8-14(9)30-3/h5-8,23H,1-4H3,(H2,18,19,22)(H,24,25,26). The Balaban J connectivity index is 2.00. The SMILES string of the molecule is COc1cc2c(cc1NC(=O)Nc1cc(S(=O)(=O)O)c(N(O)OC)cc1OC)S(=O)(=O)OON2C. The maximum absolute atomic E-state index is 12.7. The number of ether oxygens (including phenoxy) is 2. The molecule has 0 aromatic heterocycles. The van der Waals surface area contributed by atoms with Gasteiger partial charge in [0.25, 0.3) is 10.1 Å². The lowest BCUT2D eigenvalue weighted by Crippen LogP contribution is -2.28. The number of urea groups is 1. The minimum Gasteiger partial charge on any atom is -0.494 e. The van der Waals surface area contributed by atoms with Crippen molar-refractivity contribution in [1.82, 2.24) is 0 Å². The maximum atomic E-state index is 12.7. The highest BCUT2D eigenvalue weighted by atomic mass is 32.2. The third-order valence-electron chi connectivity index (χ3n) is 4.56. The lowest BCUT2D eigenvalue weighted by atomic mass is 10.2. The summed E-state index contributed by atoms with van der Waals surface area (Å²) in [6, 6.07) is 3.13. The van der Waals surface area contributed by atoms with E-state index in [1.165, 1.54) is 27.3 Å². The summed E-state index contributed by atoms with van der Waals surface area (Å²) in [5, 5.41) is 15.5. The van der Waals surface area contributed by atoms with Gasteiger partial charge in [0.15, 0.2) is 0 Å². The van der Waals surface area contributed by atoms with Crippen molar-refractivity contribution in [1.29, 1.82) is 0 Å². The molecule has 2 aromatic carbocycles. The lowest BCUT2D eigenvalue weighted by molar-refractivity contribution is -0.214. The molecule has 16 nitrogen and oxygen atoms in total. The van der Waals surface area contributed by atoms with Crippen LogP contribution in [0.3, 0.4) is 0 Å². The van der Waals surface area contributed by atoms with Crippen LogP contribution in [-0.4, -0.2) is 61.0 Å². The van der Waals surface area contributed by atoms with E-state index in [2.05, 4.69) is 24.8 Å². The Kier molecular flexibility index (Phi) is 7.26. The zero-order valence-electron chi connectivity index (χ0n) is 18.5. The third-order valence-corrected chi connectivity index (χ3v) is 6.54. The Morgan fingerprint density at radius 3 is 2.17 bits per heavy atom. The average molecular weight is 536 g/mol. The van der Waals surface area contributed by atoms with Crippen LogP contribution in [0.1, 0.15) is 0 Å². The van der Waals surface area contributed by atoms with Crippen LogP contribution in [-0.2, 0) is 34.4 Å². The van der Waals surface area contributed by atoms with E-state index in [0.29, 0.717) is 0 Å². The van der Waals surface area contributed by atoms with Gasteiger partial charge in [-0.2, -0.15) is 16.8 Å². The number of methoxy groups -OCH3 is 2. The highest BCUT2D eigenvalue weighted by Crippen LogP contribution is 2.40. The second kappa shape index (κ2) is 9.70. The molecule has 0 unspecified atom stereocenters. The van der Waals surface area contributed by atoms with Crippen LogP contribution in [0.4, 0.5) is 27.5 Å². The van der Waals surface area contributed by atoms with Crippen LogP contribution in [0.5, 0.6) is 11.5 Å². The second-order valence-electron chi connectivity index (χ2n) is 6.64. The number of carbonyl (C=O) groups is 1. The van der Waals surface area contributed by atoms with Crippen LogP contribution in [0.15, 0.2) is 34.1 Å². The number of hydrogen-bond donors (Lipinski definition) is 4. The van der Waals surface area contributed by atoms with E-state index in [0.717, 1.165) is 30.4 Å². The minimum absolute atomic E-state index is 0.0448. The summed E-state index contributed by atoms with van der Waals surface area (Å²) >= 11 is 0. The number of anilines is 4. The van der Waals surface area contributed by atoms with Crippen molar-refractivity contribution >= 4 is 49.0 Å². The van der Waals surface area contributed by atoms with Crippen LogP contribution >= 0.6 is 0 Å². The Labute approximate surface area is 199 Å². The lowest BCUT2D eigenvalue weighted by Gasteiger charge is -2.25. The highest BCUT2D eigenvalue weighted by molar-refractivity contribution is 7.87. The molecule has 0 bridgehead atoms. The Morgan fingerprint density at radius 1 is 1.06 bits per heavy atom. The Hall–Kier alpha value is -3.39. The van der Waals surface area contributed by atoms with Gasteiger partial charge in [0.05, 0.1) is 38.4 Å². The molecule has 3 rings (SSSR count). The predicted molar refractivity (Wildman–Crippen MR) is 117 cm³/mol. The van der Waals surface area contributed by atoms with E-state index in [-0.39, 0.29) is 38.7 Å². The molecular formula is C17H20N4O12S2. The fraction of sp³-hybridized carbons (Fsp3) is 0.235. The number of nitrogens with zero attached hydrogens (tertiary/aromatic N) is 2. The van der Waals surface area contributed by atoms with E-state index in [1.54, 1.807) is 0 Å². The molecule has 0 spiro atoms. The van der Waals surface area contributed by atoms with Crippen molar-refractivity contribution in [2.75, 3.05) is 49.3 Å². The quantitative estimate of drug-likeness (QED) is 0.224. The number of nitrogens with one attached hydrogen (secondary N) is 2. The number of rotatable bonds is 7. The van der Waals surface area contributed by atoms with E-state index in [4.69, 9.17) is 9.47 Å². The highest BCUT2D eigenvalue weighted by Gasteiger charge is 2.32. The topological polar surface area (TPSA) is 202 Å². The van der Waals surface area contributed by atoms with Gasteiger partial charge in [-0.15, -0.1) is 5.23 Å². The van der Waals surface area contributed by atoms with Gasteiger partial charge in [-0.3, -0.25) is 14.6 Å². The van der Waals surface area contributed by atoms with Crippen molar-refractivity contribution in [2.45, 2.75) is 9.79 Å². The van der Waals surface area contributed by atoms with E-state index in [9.17, 15) is 31.4 Å². The molecule has 35 heavy (non-hydrogen) atoms. The van der Waals surface area contributed by atoms with Crippen molar-refractivity contribution < 1.29 is 55.0 Å². The maximum Gasteiger partial charge on any atom is 0.327 e. The summed E-state index contributed by atoms with van der Waals surface area (Å²) in [5.74, 6) is -0.0887. The summed E-state index contributed by atoms with van der Waals surface area (Å²) in [5.41, 5.74) is -0.781. The molecule has 0 atom stereocenters. The molecule has 0 fully saturated rings. The molecule has 1 heterocycles. The first kappa shape index (κ1) is 26.2. The van der Waals surface area contributed by atoms with Gasteiger partial charge in [-0.05, 0) is 12.1 Å². The summed E-state index contributed by atoms with van der Waals surface area (Å²) in [7, 11) is -4.33. The van der Waals surface area contributed by atoms with Gasteiger partial charge in [0.2, 0.25) is 0 Å². The van der Waals surface area contributed by atoms with Crippen LogP contribution < -0.4 is 30.4 Å². The normalized spacial score (nSPS) is 14.6. The largest absolute Gasteiger partial charge is 0.494 e. The Morgan fingerprint density at radius 2 is 1.63 bits per heavy atom. The first-order chi connectivity index (χ1) is 16.3. The third kappa shape index (κ3) is 5.32. The molecule has 18 heteroatoms. The Bertz CT molecular complexity index is 1360. The number of fused-ring (bicyclic) bond motifs is 1. The molecule has 0 radical (unpaired) electrons. The fourth-order valence-corrected chi connectivity index (χ4v) is 4.59. The van der Waals surface area contributed by atoms with E-state index >= 15 is 0 Å². The van der Waals surface area contributed by atoms with E-state index in [1.807, 2.05) is 0 Å². The van der Waals surface area contributed by atoms with Crippen molar-refractivity contribution in [2.24, 2.45) is 0 Å². The monoisotopic (exact) mass is 536 g/mol. The molecular weight excluding hydrogens is 516 g/mol. The molecule has 0 saturated carbocycles. The van der Waals surface area contributed by atoms with Gasteiger partial charge in [-0.25, -0.2) is 9.86 Å². The molecule has 0 saturated heterocycles. The summed E-state index contributed by atoms with van der Waals surface area (Å²) in [6.07, 6.45) is 0. The van der Waals surface area contributed by atoms with Crippen molar-refractivity contribution in [3.05, 3.63) is 24.3 Å². The first-order valence-corrected chi connectivity index (χ1v) is 12.0. The van der Waals surface area contributed by atoms with Crippen LogP contribution in [0.25, 0.3) is 0 Å². The molecule has 1 aliphatic heterocycles. The van der Waals surface area contributed by atoms with Crippen LogP contribution in [0.2, 0.25) is 0 Å². The average Bonchev–Trinajstić information content (AvgIpc) is 2.80. The number of hydroxylamine groups is 1. The van der Waals surface area contributed by atoms with Gasteiger partial charge in [0.1, 0.15) is 27.0 Å². The smallest absolute Gasteiger partial charge is 0.327 e. The first-order valence-electron chi connectivity index (χ1n) is 9.20. The molecule has 192 valence electrons. The number of benzene rings is 2. The van der Waals surface area contributed by atoms with Gasteiger partial charge < -0.3 is 20.1 Å². The van der Waals surface area contributed by atoms with Crippen LogP contribution in [0, 0.1) is 0 Å². The van der Waals surface area contributed by atoms with Gasteiger partial charge in [0, 0.05) is 19.2 Å². The fourth-order valence-electron chi connectivity index (χ4n) is 2.97. The second-order valence-corrected chi connectivity index (χ2v) is 9.52. The van der Waals surface area contributed by atoms with Gasteiger partial charge in [-0.1, -0.05) is 9.32 Å². The molecule has 4 N–H and O–H groups in total. The number of carbonyl (C=O) groups excluding carboxylic acids is 1. The molecule has 2 amide bonds. The summed E-state index contributed by atoms with van der Waals surface area (Å²) in [6.45, 7) is 0. The molecule has 0 aliphatic carbocycles. The summed E-state index contributed by atoms with van der Waals surface area (Å²) in [4.78, 5) is 20.7. The zero-order valence-corrected chi connectivity index (χ0v) is 20.1. The molecule has 2 aromatic rings. The van der Waals surface area contributed by atoms with Crippen molar-refractivity contribution in [3.8, 4) is 11.5 Å².